The van der Waals surface area contributed by atoms with Crippen LogP contribution in [0.5, 0.6) is 5.75 Å². The van der Waals surface area contributed by atoms with E-state index < -0.39 is 6.10 Å². The molecule has 2 N–H and O–H groups in total. The first kappa shape index (κ1) is 15.5. The van der Waals surface area contributed by atoms with E-state index in [9.17, 15) is 9.90 Å². The lowest BCUT2D eigenvalue weighted by atomic mass is 10.2. The second-order valence-electron chi connectivity index (χ2n) is 5.36. The molecular weight excluding hydrogens is 270 g/mol. The van der Waals surface area contributed by atoms with Gasteiger partial charge in [-0.2, -0.15) is 0 Å². The summed E-state index contributed by atoms with van der Waals surface area (Å²) in [5.41, 5.74) is 0.604. The molecule has 0 spiro atoms. The van der Waals surface area contributed by atoms with E-state index in [0.29, 0.717) is 29.7 Å². The Morgan fingerprint density at radius 1 is 1.43 bits per heavy atom. The van der Waals surface area contributed by atoms with Crippen LogP contribution in [0.4, 0.5) is 0 Å². The zero-order chi connectivity index (χ0) is 15.4. The van der Waals surface area contributed by atoms with E-state index in [1.165, 1.54) is 6.92 Å². The molecule has 0 amide bonds. The second kappa shape index (κ2) is 6.74. The van der Waals surface area contributed by atoms with Crippen molar-refractivity contribution in [3.8, 4) is 5.75 Å². The van der Waals surface area contributed by atoms with E-state index in [-0.39, 0.29) is 12.4 Å². The summed E-state index contributed by atoms with van der Waals surface area (Å²) >= 11 is 0. The average Bonchev–Trinajstić information content (AvgIpc) is 2.87. The molecular formula is C16H21NO4. The van der Waals surface area contributed by atoms with E-state index in [1.54, 1.807) is 24.3 Å². The van der Waals surface area contributed by atoms with Gasteiger partial charge in [0.15, 0.2) is 11.5 Å². The number of benzene rings is 1. The highest BCUT2D eigenvalue weighted by Gasteiger charge is 2.13. The second-order valence-corrected chi connectivity index (χ2v) is 5.36. The Morgan fingerprint density at radius 2 is 2.19 bits per heavy atom. The van der Waals surface area contributed by atoms with Crippen molar-refractivity contribution in [3.63, 3.8) is 0 Å². The molecule has 0 aliphatic heterocycles. The molecule has 0 aliphatic rings. The fraction of sp³-hybridized carbons (Fsp3) is 0.438. The lowest BCUT2D eigenvalue weighted by Gasteiger charge is -2.15. The zero-order valence-electron chi connectivity index (χ0n) is 12.6. The smallest absolute Gasteiger partial charge is 0.194 e. The molecule has 2 aromatic rings. The Hall–Kier alpha value is -1.85. The average molecular weight is 291 g/mol. The Morgan fingerprint density at radius 3 is 2.86 bits per heavy atom. The predicted octanol–water partition coefficient (Wildman–Crippen LogP) is 2.37. The predicted molar refractivity (Wildman–Crippen MR) is 80.9 cm³/mol. The fourth-order valence-corrected chi connectivity index (χ4v) is 1.95. The molecule has 5 heteroatoms. The molecule has 1 aromatic carbocycles. The largest absolute Gasteiger partial charge is 0.490 e. The fourth-order valence-electron chi connectivity index (χ4n) is 1.95. The molecule has 5 nitrogen and oxygen atoms in total. The molecule has 0 saturated carbocycles. The van der Waals surface area contributed by atoms with Crippen LogP contribution in [0.15, 0.2) is 28.7 Å². The van der Waals surface area contributed by atoms with Crippen molar-refractivity contribution >= 4 is 16.8 Å². The highest BCUT2D eigenvalue weighted by Crippen LogP contribution is 2.29. The third kappa shape index (κ3) is 4.06. The van der Waals surface area contributed by atoms with Crippen molar-refractivity contribution in [2.75, 3.05) is 13.2 Å². The number of carbonyl (C=O) groups is 1. The number of fused-ring (bicyclic) bond motifs is 1. The van der Waals surface area contributed by atoms with Crippen LogP contribution >= 0.6 is 0 Å². The number of furan rings is 1. The molecule has 1 atom stereocenters. The van der Waals surface area contributed by atoms with Gasteiger partial charge in [0.2, 0.25) is 0 Å². The lowest BCUT2D eigenvalue weighted by Crippen LogP contribution is -2.35. The van der Waals surface area contributed by atoms with Crippen molar-refractivity contribution in [3.05, 3.63) is 30.0 Å². The van der Waals surface area contributed by atoms with Gasteiger partial charge in [-0.3, -0.25) is 4.79 Å². The first-order valence-electron chi connectivity index (χ1n) is 7.05. The monoisotopic (exact) mass is 291 g/mol. The summed E-state index contributed by atoms with van der Waals surface area (Å²) in [5.74, 6) is 0.786. The van der Waals surface area contributed by atoms with Crippen LogP contribution in [-0.2, 0) is 0 Å². The van der Waals surface area contributed by atoms with Gasteiger partial charge in [0.25, 0.3) is 0 Å². The van der Waals surface area contributed by atoms with E-state index in [1.807, 2.05) is 13.8 Å². The van der Waals surface area contributed by atoms with Gasteiger partial charge in [0, 0.05) is 19.5 Å². The minimum absolute atomic E-state index is 0.127. The molecule has 21 heavy (non-hydrogen) atoms. The van der Waals surface area contributed by atoms with Crippen molar-refractivity contribution in [2.45, 2.75) is 32.9 Å². The summed E-state index contributed by atoms with van der Waals surface area (Å²) in [6.45, 7) is 6.14. The van der Waals surface area contributed by atoms with Crippen LogP contribution in [-0.4, -0.2) is 36.2 Å². The Kier molecular flexibility index (Phi) is 4.98. The third-order valence-electron chi connectivity index (χ3n) is 3.06. The maximum atomic E-state index is 11.4. The number of rotatable bonds is 7. The molecule has 1 unspecified atom stereocenters. The van der Waals surface area contributed by atoms with E-state index in [0.717, 1.165) is 5.39 Å². The maximum Gasteiger partial charge on any atom is 0.194 e. The first-order chi connectivity index (χ1) is 9.97. The van der Waals surface area contributed by atoms with Crippen LogP contribution in [0, 0.1) is 0 Å². The summed E-state index contributed by atoms with van der Waals surface area (Å²) in [7, 11) is 0. The standard InChI is InChI=1S/C16H21NO4/c1-10(2)17-8-12(19)9-20-14-5-4-6-15-13(14)7-16(21-15)11(3)18/h4-7,10,12,17,19H,8-9H2,1-3H3. The molecule has 0 aliphatic carbocycles. The number of ketones is 1. The molecule has 114 valence electrons. The van der Waals surface area contributed by atoms with Gasteiger partial charge >= 0.3 is 0 Å². The van der Waals surface area contributed by atoms with Crippen LogP contribution in [0.25, 0.3) is 11.0 Å². The minimum Gasteiger partial charge on any atom is -0.490 e. The highest BCUT2D eigenvalue weighted by molar-refractivity contribution is 5.97. The van der Waals surface area contributed by atoms with E-state index >= 15 is 0 Å². The summed E-state index contributed by atoms with van der Waals surface area (Å²) < 4.78 is 11.1. The normalized spacial score (nSPS) is 12.8. The summed E-state index contributed by atoms with van der Waals surface area (Å²) in [6.07, 6.45) is -0.596. The number of ether oxygens (including phenoxy) is 1. The molecule has 1 aromatic heterocycles. The van der Waals surface area contributed by atoms with Gasteiger partial charge < -0.3 is 19.6 Å². The topological polar surface area (TPSA) is 71.7 Å². The van der Waals surface area contributed by atoms with Gasteiger partial charge in [-0.1, -0.05) is 19.9 Å². The number of Topliss-reactive ketones (excluding diaryl/α,β-unsaturated/α-hetero) is 1. The van der Waals surface area contributed by atoms with Crippen molar-refractivity contribution < 1.29 is 19.1 Å². The molecule has 0 bridgehead atoms. The molecule has 1 heterocycles. The quantitative estimate of drug-likeness (QED) is 0.766. The Balaban J connectivity index is 2.06. The number of carbonyl (C=O) groups excluding carboxylic acids is 1. The molecule has 0 radical (unpaired) electrons. The van der Waals surface area contributed by atoms with Crippen molar-refractivity contribution in [1.82, 2.24) is 5.32 Å². The van der Waals surface area contributed by atoms with Crippen LogP contribution < -0.4 is 10.1 Å². The number of hydrogen-bond donors (Lipinski definition) is 2. The van der Waals surface area contributed by atoms with E-state index in [2.05, 4.69) is 5.32 Å². The van der Waals surface area contributed by atoms with Crippen LogP contribution in [0.3, 0.4) is 0 Å². The number of aliphatic hydroxyl groups excluding tert-OH is 1. The van der Waals surface area contributed by atoms with Gasteiger partial charge in [-0.25, -0.2) is 0 Å². The maximum absolute atomic E-state index is 11.4. The lowest BCUT2D eigenvalue weighted by molar-refractivity contribution is 0.0989. The summed E-state index contributed by atoms with van der Waals surface area (Å²) in [5, 5.41) is 13.7. The Labute approximate surface area is 123 Å². The number of nitrogens with one attached hydrogen (secondary N) is 1. The van der Waals surface area contributed by atoms with Gasteiger partial charge in [-0.15, -0.1) is 0 Å². The minimum atomic E-state index is -0.596. The molecule has 0 fully saturated rings. The third-order valence-corrected chi connectivity index (χ3v) is 3.06. The van der Waals surface area contributed by atoms with Crippen molar-refractivity contribution in [1.29, 1.82) is 0 Å². The van der Waals surface area contributed by atoms with Crippen LogP contribution in [0.2, 0.25) is 0 Å². The van der Waals surface area contributed by atoms with Gasteiger partial charge in [-0.05, 0) is 18.2 Å². The molecule has 0 saturated heterocycles. The Bertz CT molecular complexity index is 618. The molecule has 2 rings (SSSR count). The van der Waals surface area contributed by atoms with E-state index in [4.69, 9.17) is 9.15 Å². The summed E-state index contributed by atoms with van der Waals surface area (Å²) in [6, 6.07) is 7.36. The number of hydrogen-bond acceptors (Lipinski definition) is 5. The summed E-state index contributed by atoms with van der Waals surface area (Å²) in [4.78, 5) is 11.4. The zero-order valence-corrected chi connectivity index (χ0v) is 12.6. The SMILES string of the molecule is CC(=O)c1cc2c(OCC(O)CNC(C)C)cccc2o1. The van der Waals surface area contributed by atoms with Crippen molar-refractivity contribution in [2.24, 2.45) is 0 Å². The van der Waals surface area contributed by atoms with Gasteiger partial charge in [0.1, 0.15) is 24.0 Å². The first-order valence-corrected chi connectivity index (χ1v) is 7.05. The van der Waals surface area contributed by atoms with Crippen LogP contribution in [0.1, 0.15) is 31.3 Å². The number of aliphatic hydroxyl groups is 1. The highest BCUT2D eigenvalue weighted by atomic mass is 16.5. The van der Waals surface area contributed by atoms with Gasteiger partial charge in [0.05, 0.1) is 5.39 Å².